The third kappa shape index (κ3) is 5.89. The van der Waals surface area contributed by atoms with Gasteiger partial charge in [-0.05, 0) is 50.3 Å². The average Bonchev–Trinajstić information content (AvgIpc) is 2.96. The molecular formula is C22H22Cl3N5O2S. The van der Waals surface area contributed by atoms with Crippen LogP contribution in [0.3, 0.4) is 0 Å². The number of aryl methyl sites for hydroxylation is 1. The largest absolute Gasteiger partial charge is 0.339 e. The Morgan fingerprint density at radius 1 is 1.03 bits per heavy atom. The second-order valence-electron chi connectivity index (χ2n) is 7.35. The number of nitrogens with one attached hydrogen (secondary N) is 3. The molecule has 174 valence electrons. The van der Waals surface area contributed by atoms with E-state index >= 15 is 0 Å². The first-order valence-electron chi connectivity index (χ1n) is 9.85. The van der Waals surface area contributed by atoms with Crippen molar-refractivity contribution in [2.75, 3.05) is 5.32 Å². The van der Waals surface area contributed by atoms with Crippen molar-refractivity contribution < 1.29 is 4.79 Å². The quantitative estimate of drug-likeness (QED) is 0.264. The summed E-state index contributed by atoms with van der Waals surface area (Å²) in [5.41, 5.74) is 2.60. The van der Waals surface area contributed by atoms with Crippen molar-refractivity contribution in [3.8, 4) is 5.69 Å². The van der Waals surface area contributed by atoms with Gasteiger partial charge in [-0.2, -0.15) is 0 Å². The number of nitrogens with zero attached hydrogens (tertiary/aromatic N) is 2. The Bertz CT molecular complexity index is 1240. The van der Waals surface area contributed by atoms with Gasteiger partial charge in [-0.15, -0.1) is 0 Å². The fraction of sp³-hybridized carbons (Fsp3) is 0.227. The van der Waals surface area contributed by atoms with Gasteiger partial charge in [-0.25, -0.2) is 4.68 Å². The van der Waals surface area contributed by atoms with Crippen LogP contribution in [0.4, 0.5) is 5.69 Å². The zero-order valence-corrected chi connectivity index (χ0v) is 21.1. The molecule has 1 aromatic heterocycles. The van der Waals surface area contributed by atoms with E-state index in [4.69, 9.17) is 47.0 Å². The van der Waals surface area contributed by atoms with Crippen LogP contribution in [0.25, 0.3) is 5.69 Å². The summed E-state index contributed by atoms with van der Waals surface area (Å²) in [6, 6.07) is 16.2. The number of hydrogen-bond donors (Lipinski definition) is 3. The fourth-order valence-corrected chi connectivity index (χ4v) is 3.74. The zero-order valence-electron chi connectivity index (χ0n) is 18.0. The second-order valence-corrected chi connectivity index (χ2v) is 10.1. The highest BCUT2D eigenvalue weighted by Gasteiger charge is 2.35. The van der Waals surface area contributed by atoms with Gasteiger partial charge < -0.3 is 16.0 Å². The van der Waals surface area contributed by atoms with Gasteiger partial charge in [0.05, 0.1) is 11.4 Å². The fourth-order valence-electron chi connectivity index (χ4n) is 3.19. The van der Waals surface area contributed by atoms with E-state index in [9.17, 15) is 9.59 Å². The van der Waals surface area contributed by atoms with Crippen LogP contribution in [0.15, 0.2) is 59.4 Å². The Morgan fingerprint density at radius 2 is 1.70 bits per heavy atom. The van der Waals surface area contributed by atoms with E-state index in [0.29, 0.717) is 16.9 Å². The van der Waals surface area contributed by atoms with Crippen molar-refractivity contribution >= 4 is 63.7 Å². The van der Waals surface area contributed by atoms with E-state index in [-0.39, 0.29) is 16.4 Å². The summed E-state index contributed by atoms with van der Waals surface area (Å²) in [7, 11) is 1.76. The zero-order chi connectivity index (χ0) is 24.3. The molecular weight excluding hydrogens is 505 g/mol. The first-order chi connectivity index (χ1) is 15.5. The van der Waals surface area contributed by atoms with Crippen LogP contribution in [0.2, 0.25) is 0 Å². The molecule has 0 fully saturated rings. The molecule has 0 saturated carbocycles. The van der Waals surface area contributed by atoms with Crippen LogP contribution in [-0.2, 0) is 7.05 Å². The lowest BCUT2D eigenvalue weighted by Crippen LogP contribution is -2.56. The molecule has 0 radical (unpaired) electrons. The van der Waals surface area contributed by atoms with Gasteiger partial charge in [-0.3, -0.25) is 14.3 Å². The predicted octanol–water partition coefficient (Wildman–Crippen LogP) is 4.21. The highest BCUT2D eigenvalue weighted by atomic mass is 35.6. The lowest BCUT2D eigenvalue weighted by molar-refractivity contribution is 0.0934. The van der Waals surface area contributed by atoms with Crippen molar-refractivity contribution in [2.45, 2.75) is 23.8 Å². The molecule has 1 unspecified atom stereocenters. The Hall–Kier alpha value is -2.52. The van der Waals surface area contributed by atoms with Gasteiger partial charge in [0.15, 0.2) is 5.11 Å². The SMILES string of the molecule is Cc1cccc(C(=O)NC(NC(=S)Nc2c(C)n(C)n(-c3ccccc3)c2=O)C(Cl)(Cl)Cl)c1. The summed E-state index contributed by atoms with van der Waals surface area (Å²) in [6.45, 7) is 3.64. The van der Waals surface area contributed by atoms with E-state index in [0.717, 1.165) is 5.56 Å². The van der Waals surface area contributed by atoms with E-state index in [1.54, 1.807) is 36.9 Å². The maximum absolute atomic E-state index is 13.1. The maximum Gasteiger partial charge on any atom is 0.295 e. The lowest BCUT2D eigenvalue weighted by Gasteiger charge is -2.27. The van der Waals surface area contributed by atoms with Crippen LogP contribution in [-0.4, -0.2) is 30.3 Å². The molecule has 33 heavy (non-hydrogen) atoms. The molecule has 7 nitrogen and oxygen atoms in total. The molecule has 0 saturated heterocycles. The molecule has 0 aliphatic carbocycles. The number of anilines is 1. The Balaban J connectivity index is 1.80. The first-order valence-corrected chi connectivity index (χ1v) is 11.4. The van der Waals surface area contributed by atoms with Gasteiger partial charge in [0.2, 0.25) is 3.79 Å². The van der Waals surface area contributed by atoms with E-state index < -0.39 is 15.9 Å². The molecule has 11 heteroatoms. The summed E-state index contributed by atoms with van der Waals surface area (Å²) in [5.74, 6) is -0.451. The van der Waals surface area contributed by atoms with Crippen LogP contribution < -0.4 is 21.5 Å². The number of amides is 1. The highest BCUT2D eigenvalue weighted by Crippen LogP contribution is 2.29. The molecule has 3 N–H and O–H groups in total. The molecule has 2 aromatic carbocycles. The van der Waals surface area contributed by atoms with Crippen LogP contribution in [0.1, 0.15) is 21.6 Å². The molecule has 3 aromatic rings. The number of aromatic nitrogens is 2. The normalized spacial score (nSPS) is 12.2. The van der Waals surface area contributed by atoms with Gasteiger partial charge in [-0.1, -0.05) is 70.7 Å². The number of carbonyl (C=O) groups excluding carboxylic acids is 1. The molecule has 1 heterocycles. The minimum atomic E-state index is -1.93. The number of halogens is 3. The molecule has 1 amide bonds. The van der Waals surface area contributed by atoms with Crippen molar-refractivity contribution in [1.29, 1.82) is 0 Å². The number of carbonyl (C=O) groups is 1. The van der Waals surface area contributed by atoms with E-state index in [2.05, 4.69) is 16.0 Å². The third-order valence-corrected chi connectivity index (χ3v) is 5.83. The summed E-state index contributed by atoms with van der Waals surface area (Å²) in [5, 5.41) is 8.28. The van der Waals surface area contributed by atoms with Crippen LogP contribution in [0, 0.1) is 13.8 Å². The summed E-state index contributed by atoms with van der Waals surface area (Å²) >= 11 is 23.6. The van der Waals surface area contributed by atoms with Gasteiger partial charge in [0, 0.05) is 12.6 Å². The van der Waals surface area contributed by atoms with Crippen LogP contribution >= 0.6 is 47.0 Å². The number of thiocarbonyl (C=S) groups is 1. The molecule has 0 aliphatic rings. The average molecular weight is 527 g/mol. The second kappa shape index (κ2) is 10.2. The molecule has 3 rings (SSSR count). The van der Waals surface area contributed by atoms with Gasteiger partial charge in [0.1, 0.15) is 11.9 Å². The lowest BCUT2D eigenvalue weighted by atomic mass is 10.1. The summed E-state index contributed by atoms with van der Waals surface area (Å²) in [6.07, 6.45) is -1.17. The number of alkyl halides is 3. The number of hydrogen-bond acceptors (Lipinski definition) is 3. The summed E-state index contributed by atoms with van der Waals surface area (Å²) < 4.78 is 1.28. The predicted molar refractivity (Wildman–Crippen MR) is 138 cm³/mol. The monoisotopic (exact) mass is 525 g/mol. The van der Waals surface area contributed by atoms with E-state index in [1.807, 2.05) is 43.3 Å². The minimum absolute atomic E-state index is 0.00174. The minimum Gasteiger partial charge on any atom is -0.339 e. The van der Waals surface area contributed by atoms with Gasteiger partial charge in [0.25, 0.3) is 11.5 Å². The molecule has 0 aliphatic heterocycles. The molecule has 1 atom stereocenters. The Kier molecular flexibility index (Phi) is 7.74. The molecule has 0 spiro atoms. The van der Waals surface area contributed by atoms with Crippen molar-refractivity contribution in [1.82, 2.24) is 20.0 Å². The van der Waals surface area contributed by atoms with Gasteiger partial charge >= 0.3 is 0 Å². The third-order valence-electron chi connectivity index (χ3n) is 4.95. The van der Waals surface area contributed by atoms with Crippen molar-refractivity contribution in [3.63, 3.8) is 0 Å². The van der Waals surface area contributed by atoms with Crippen molar-refractivity contribution in [3.05, 3.63) is 81.8 Å². The number of benzene rings is 2. The maximum atomic E-state index is 13.1. The van der Waals surface area contributed by atoms with E-state index in [1.165, 1.54) is 4.68 Å². The van der Waals surface area contributed by atoms with Crippen LogP contribution in [0.5, 0.6) is 0 Å². The number of para-hydroxylation sites is 1. The first kappa shape index (κ1) is 25.1. The highest BCUT2D eigenvalue weighted by molar-refractivity contribution is 7.80. The smallest absolute Gasteiger partial charge is 0.295 e. The van der Waals surface area contributed by atoms with Crippen molar-refractivity contribution in [2.24, 2.45) is 7.05 Å². The number of rotatable bonds is 5. The summed E-state index contributed by atoms with van der Waals surface area (Å²) in [4.78, 5) is 25.7. The standard InChI is InChI=1S/C22H22Cl3N5O2S/c1-13-8-7-9-15(12-13)18(31)27-20(22(23,24)25)28-21(33)26-17-14(2)29(3)30(19(17)32)16-10-5-4-6-11-16/h4-12,20H,1-3H3,(H,27,31)(H2,26,28,33). The Morgan fingerprint density at radius 3 is 2.30 bits per heavy atom. The Labute approximate surface area is 211 Å². The molecule has 0 bridgehead atoms. The topological polar surface area (TPSA) is 80.1 Å².